The van der Waals surface area contributed by atoms with Crippen LogP contribution in [0.3, 0.4) is 0 Å². The van der Waals surface area contributed by atoms with Gasteiger partial charge in [-0.2, -0.15) is 0 Å². The highest BCUT2D eigenvalue weighted by Crippen LogP contribution is 2.44. The Kier molecular flexibility index (Phi) is 3.54. The molecular weight excluding hydrogens is 310 g/mol. The first-order chi connectivity index (χ1) is 10.7. The number of hydrogen-bond donors (Lipinski definition) is 0. The lowest BCUT2D eigenvalue weighted by Crippen LogP contribution is -2.19. The minimum absolute atomic E-state index is 0.311. The zero-order chi connectivity index (χ0) is 15.1. The van der Waals surface area contributed by atoms with Crippen LogP contribution in [0.4, 0.5) is 0 Å². The highest BCUT2D eigenvalue weighted by Gasteiger charge is 2.33. The lowest BCUT2D eigenvalue weighted by atomic mass is 10.1. The molecule has 3 nitrogen and oxygen atoms in total. The first-order valence-corrected chi connectivity index (χ1v) is 9.17. The molecule has 0 aliphatic carbocycles. The van der Waals surface area contributed by atoms with Crippen LogP contribution in [0.5, 0.6) is 0 Å². The molecule has 2 aliphatic heterocycles. The number of rotatable bonds is 3. The van der Waals surface area contributed by atoms with Gasteiger partial charge >= 0.3 is 0 Å². The molecular formula is C17H17N3S2. The predicted molar refractivity (Wildman–Crippen MR) is 99.0 cm³/mol. The summed E-state index contributed by atoms with van der Waals surface area (Å²) in [6.07, 6.45) is 2.03. The van der Waals surface area contributed by atoms with Crippen LogP contribution in [-0.2, 0) is 0 Å². The molecule has 5 heteroatoms. The van der Waals surface area contributed by atoms with Crippen molar-refractivity contribution in [2.24, 2.45) is 9.98 Å². The van der Waals surface area contributed by atoms with Gasteiger partial charge in [0.25, 0.3) is 0 Å². The van der Waals surface area contributed by atoms with E-state index in [0.717, 1.165) is 18.3 Å². The summed E-state index contributed by atoms with van der Waals surface area (Å²) in [7, 11) is 0. The molecule has 0 fully saturated rings. The molecule has 0 spiro atoms. The lowest BCUT2D eigenvalue weighted by Gasteiger charge is -2.16. The molecule has 2 aliphatic rings. The predicted octanol–water partition coefficient (Wildman–Crippen LogP) is 4.47. The van der Waals surface area contributed by atoms with Gasteiger partial charge in [-0.3, -0.25) is 9.98 Å². The Morgan fingerprint density at radius 3 is 3.05 bits per heavy atom. The SMILES string of the molecule is CC(C)/N=C\C1=C(c2csc3ccccc23)N2CCN=C2S1. The summed E-state index contributed by atoms with van der Waals surface area (Å²) in [6, 6.07) is 8.92. The monoisotopic (exact) mass is 327 g/mol. The van der Waals surface area contributed by atoms with Gasteiger partial charge in [0.05, 0.1) is 17.1 Å². The fourth-order valence-corrected chi connectivity index (χ4v) is 4.77. The quantitative estimate of drug-likeness (QED) is 0.778. The smallest absolute Gasteiger partial charge is 0.168 e. The van der Waals surface area contributed by atoms with Gasteiger partial charge in [-0.15, -0.1) is 11.3 Å². The van der Waals surface area contributed by atoms with Crippen molar-refractivity contribution in [3.63, 3.8) is 0 Å². The number of fused-ring (bicyclic) bond motifs is 2. The molecule has 1 aromatic carbocycles. The number of aliphatic imine (C=N–C) groups is 2. The van der Waals surface area contributed by atoms with Crippen LogP contribution in [0.2, 0.25) is 0 Å². The van der Waals surface area contributed by atoms with Crippen molar-refractivity contribution in [1.29, 1.82) is 0 Å². The Bertz CT molecular complexity index is 814. The van der Waals surface area contributed by atoms with E-state index in [2.05, 4.69) is 58.4 Å². The van der Waals surface area contributed by atoms with Crippen molar-refractivity contribution in [1.82, 2.24) is 4.90 Å². The zero-order valence-electron chi connectivity index (χ0n) is 12.6. The zero-order valence-corrected chi connectivity index (χ0v) is 14.2. The fraction of sp³-hybridized carbons (Fsp3) is 0.294. The van der Waals surface area contributed by atoms with Crippen molar-refractivity contribution in [3.8, 4) is 0 Å². The normalized spacial score (nSPS) is 18.1. The molecule has 0 amide bonds. The van der Waals surface area contributed by atoms with Gasteiger partial charge in [-0.25, -0.2) is 0 Å². The van der Waals surface area contributed by atoms with Crippen LogP contribution < -0.4 is 0 Å². The largest absolute Gasteiger partial charge is 0.317 e. The Balaban J connectivity index is 1.87. The van der Waals surface area contributed by atoms with Crippen molar-refractivity contribution in [2.75, 3.05) is 13.1 Å². The van der Waals surface area contributed by atoms with E-state index in [1.807, 2.05) is 6.21 Å². The van der Waals surface area contributed by atoms with Crippen LogP contribution >= 0.6 is 23.1 Å². The highest BCUT2D eigenvalue weighted by atomic mass is 32.2. The third kappa shape index (κ3) is 2.29. The minimum Gasteiger partial charge on any atom is -0.317 e. The van der Waals surface area contributed by atoms with Crippen molar-refractivity contribution >= 4 is 50.3 Å². The second-order valence-corrected chi connectivity index (χ2v) is 7.57. The van der Waals surface area contributed by atoms with Crippen molar-refractivity contribution < 1.29 is 0 Å². The van der Waals surface area contributed by atoms with E-state index in [9.17, 15) is 0 Å². The molecule has 0 radical (unpaired) electrons. The molecule has 2 aromatic rings. The third-order valence-electron chi connectivity index (χ3n) is 3.73. The molecule has 1 aromatic heterocycles. The van der Waals surface area contributed by atoms with Crippen molar-refractivity contribution in [2.45, 2.75) is 19.9 Å². The Hall–Kier alpha value is -1.59. The number of nitrogens with zero attached hydrogens (tertiary/aromatic N) is 3. The van der Waals surface area contributed by atoms with Gasteiger partial charge in [-0.1, -0.05) is 18.2 Å². The van der Waals surface area contributed by atoms with Crippen LogP contribution in [-0.4, -0.2) is 35.4 Å². The summed E-state index contributed by atoms with van der Waals surface area (Å²) in [5.74, 6) is 0. The maximum atomic E-state index is 4.62. The van der Waals surface area contributed by atoms with Crippen LogP contribution in [0.15, 0.2) is 44.5 Å². The molecule has 0 N–H and O–H groups in total. The summed E-state index contributed by atoms with van der Waals surface area (Å²) >= 11 is 3.56. The van der Waals surface area contributed by atoms with Gasteiger partial charge in [0.2, 0.25) is 0 Å². The molecule has 4 rings (SSSR count). The number of benzene rings is 1. The Morgan fingerprint density at radius 1 is 1.32 bits per heavy atom. The van der Waals surface area contributed by atoms with Gasteiger partial charge in [0.1, 0.15) is 0 Å². The van der Waals surface area contributed by atoms with Gasteiger partial charge in [-0.05, 0) is 31.7 Å². The molecule has 0 saturated heterocycles. The molecule has 0 bridgehead atoms. The van der Waals surface area contributed by atoms with Gasteiger partial charge in [0, 0.05) is 39.8 Å². The number of hydrogen-bond acceptors (Lipinski definition) is 5. The van der Waals surface area contributed by atoms with E-state index in [1.165, 1.54) is 26.3 Å². The standard InChI is InChI=1S/C17H17N3S2/c1-11(2)19-9-15-16(20-8-7-18-17(20)22-15)13-10-21-14-6-4-3-5-12(13)14/h3-6,9-11H,7-8H2,1-2H3/b19-9-. The maximum absolute atomic E-state index is 4.62. The Labute approximate surface area is 138 Å². The van der Waals surface area contributed by atoms with E-state index in [1.54, 1.807) is 23.1 Å². The van der Waals surface area contributed by atoms with E-state index < -0.39 is 0 Å². The van der Waals surface area contributed by atoms with E-state index >= 15 is 0 Å². The summed E-state index contributed by atoms with van der Waals surface area (Å²) in [5, 5.41) is 4.72. The maximum Gasteiger partial charge on any atom is 0.168 e. The van der Waals surface area contributed by atoms with E-state index in [-0.39, 0.29) is 0 Å². The Morgan fingerprint density at radius 2 is 2.18 bits per heavy atom. The summed E-state index contributed by atoms with van der Waals surface area (Å²) in [4.78, 5) is 12.8. The lowest BCUT2D eigenvalue weighted by molar-refractivity contribution is 0.650. The number of thiophene rings is 1. The summed E-state index contributed by atoms with van der Waals surface area (Å²) < 4.78 is 1.33. The molecule has 112 valence electrons. The highest BCUT2D eigenvalue weighted by molar-refractivity contribution is 8.18. The first kappa shape index (κ1) is 14.0. The van der Waals surface area contributed by atoms with Crippen molar-refractivity contribution in [3.05, 3.63) is 40.1 Å². The number of thioether (sulfide) groups is 1. The summed E-state index contributed by atoms with van der Waals surface area (Å²) in [5.41, 5.74) is 2.59. The number of amidine groups is 1. The third-order valence-corrected chi connectivity index (χ3v) is 5.75. The second kappa shape index (κ2) is 5.56. The fourth-order valence-electron chi connectivity index (χ4n) is 2.74. The number of allylic oxidation sites excluding steroid dienone is 1. The van der Waals surface area contributed by atoms with Gasteiger partial charge in [0.15, 0.2) is 5.17 Å². The second-order valence-electron chi connectivity index (χ2n) is 5.65. The minimum atomic E-state index is 0.311. The molecule has 0 saturated carbocycles. The van der Waals surface area contributed by atoms with Crippen LogP contribution in [0.1, 0.15) is 19.4 Å². The topological polar surface area (TPSA) is 28.0 Å². The summed E-state index contributed by atoms with van der Waals surface area (Å²) in [6.45, 7) is 6.08. The van der Waals surface area contributed by atoms with E-state index in [4.69, 9.17) is 0 Å². The van der Waals surface area contributed by atoms with E-state index in [0.29, 0.717) is 6.04 Å². The average Bonchev–Trinajstić information content (AvgIpc) is 3.18. The molecule has 3 heterocycles. The molecule has 22 heavy (non-hydrogen) atoms. The van der Waals surface area contributed by atoms with Crippen LogP contribution in [0.25, 0.3) is 15.8 Å². The average molecular weight is 327 g/mol. The molecule has 0 atom stereocenters. The van der Waals surface area contributed by atoms with Crippen LogP contribution in [0, 0.1) is 0 Å². The first-order valence-electron chi connectivity index (χ1n) is 7.48. The van der Waals surface area contributed by atoms with Gasteiger partial charge < -0.3 is 4.90 Å². The molecule has 0 unspecified atom stereocenters.